The summed E-state index contributed by atoms with van der Waals surface area (Å²) in [4.78, 5) is 24.5. The zero-order chi connectivity index (χ0) is 17.8. The highest BCUT2D eigenvalue weighted by atomic mass is 16.6. The smallest absolute Gasteiger partial charge is 0.274 e. The molecule has 1 saturated heterocycles. The zero-order valence-corrected chi connectivity index (χ0v) is 13.9. The topological polar surface area (TPSA) is 89.5 Å². The normalized spacial score (nSPS) is 17.5. The minimum Gasteiger partial charge on any atom is -0.366 e. The maximum absolute atomic E-state index is 11.4. The van der Waals surface area contributed by atoms with Crippen LogP contribution in [-0.4, -0.2) is 28.3 Å². The number of benzene rings is 2. The number of carbonyl (C=O) groups excluding carboxylic acids is 1. The number of amides is 1. The molecule has 3 rings (SSSR count). The molecule has 0 unspecified atom stereocenters. The molecule has 1 aliphatic heterocycles. The number of nitrogens with zero attached hydrogens (tertiary/aromatic N) is 2. The first-order valence-corrected chi connectivity index (χ1v) is 8.39. The molecule has 2 aromatic rings. The van der Waals surface area contributed by atoms with Gasteiger partial charge in [-0.2, -0.15) is 0 Å². The van der Waals surface area contributed by atoms with E-state index >= 15 is 0 Å². The minimum absolute atomic E-state index is 0.0401. The summed E-state index contributed by atoms with van der Waals surface area (Å²) in [6, 6.07) is 15.1. The molecule has 0 bridgehead atoms. The fourth-order valence-corrected chi connectivity index (χ4v) is 3.46. The van der Waals surface area contributed by atoms with Crippen LogP contribution in [0.25, 0.3) is 0 Å². The highest BCUT2D eigenvalue weighted by molar-refractivity contribution is 5.93. The standard InChI is InChI=1S/C19H21N3O3/c20-19(23)15-8-9-16(18(12-15)22(24)25)13-21-10-4-7-17(21)11-14-5-2-1-3-6-14/h1-3,5-6,8-9,12,17H,4,7,10-11,13H2,(H2,20,23)/t17-/m1/s1. The molecule has 1 heterocycles. The Morgan fingerprint density at radius 1 is 1.24 bits per heavy atom. The Labute approximate surface area is 146 Å². The lowest BCUT2D eigenvalue weighted by Crippen LogP contribution is -2.31. The molecule has 0 aromatic heterocycles. The average Bonchev–Trinajstić information content (AvgIpc) is 3.02. The summed E-state index contributed by atoms with van der Waals surface area (Å²) in [5, 5.41) is 11.4. The number of rotatable bonds is 6. The SMILES string of the molecule is NC(=O)c1ccc(CN2CCC[C@@H]2Cc2ccccc2)c([N+](=O)[O-])c1. The molecular weight excluding hydrogens is 318 g/mol. The number of nitro benzene ring substituents is 1. The van der Waals surface area contributed by atoms with Gasteiger partial charge in [-0.3, -0.25) is 19.8 Å². The molecule has 130 valence electrons. The third-order valence-electron chi connectivity index (χ3n) is 4.75. The third-order valence-corrected chi connectivity index (χ3v) is 4.75. The van der Waals surface area contributed by atoms with E-state index in [-0.39, 0.29) is 11.3 Å². The predicted octanol–water partition coefficient (Wildman–Crippen LogP) is 2.90. The van der Waals surface area contributed by atoms with Gasteiger partial charge in [-0.05, 0) is 37.4 Å². The van der Waals surface area contributed by atoms with E-state index in [0.717, 1.165) is 25.8 Å². The molecule has 6 nitrogen and oxygen atoms in total. The van der Waals surface area contributed by atoms with Crippen LogP contribution in [0.15, 0.2) is 48.5 Å². The van der Waals surface area contributed by atoms with Gasteiger partial charge in [0.15, 0.2) is 0 Å². The molecule has 6 heteroatoms. The van der Waals surface area contributed by atoms with Gasteiger partial charge in [-0.15, -0.1) is 0 Å². The monoisotopic (exact) mass is 339 g/mol. The Bertz CT molecular complexity index is 777. The molecule has 1 aliphatic rings. The van der Waals surface area contributed by atoms with Crippen LogP contribution in [0.3, 0.4) is 0 Å². The molecule has 25 heavy (non-hydrogen) atoms. The molecule has 2 aromatic carbocycles. The Hall–Kier alpha value is -2.73. The fraction of sp³-hybridized carbons (Fsp3) is 0.316. The molecule has 0 spiro atoms. The van der Waals surface area contributed by atoms with Crippen molar-refractivity contribution in [1.29, 1.82) is 0 Å². The molecule has 1 amide bonds. The summed E-state index contributed by atoms with van der Waals surface area (Å²) >= 11 is 0. The maximum Gasteiger partial charge on any atom is 0.274 e. The maximum atomic E-state index is 11.4. The van der Waals surface area contributed by atoms with Crippen molar-refractivity contribution >= 4 is 11.6 Å². The molecule has 2 N–H and O–H groups in total. The van der Waals surface area contributed by atoms with Crippen molar-refractivity contribution in [2.75, 3.05) is 6.54 Å². The number of primary amides is 1. The molecular formula is C19H21N3O3. The van der Waals surface area contributed by atoms with Crippen LogP contribution in [-0.2, 0) is 13.0 Å². The number of nitrogens with two attached hydrogens (primary N) is 1. The lowest BCUT2D eigenvalue weighted by Gasteiger charge is -2.24. The summed E-state index contributed by atoms with van der Waals surface area (Å²) in [6.45, 7) is 1.43. The summed E-state index contributed by atoms with van der Waals surface area (Å²) in [5.41, 5.74) is 7.25. The van der Waals surface area contributed by atoms with Crippen molar-refractivity contribution in [2.24, 2.45) is 5.73 Å². The van der Waals surface area contributed by atoms with Gasteiger partial charge in [0.05, 0.1) is 4.92 Å². The first-order chi connectivity index (χ1) is 12.0. The van der Waals surface area contributed by atoms with Gasteiger partial charge < -0.3 is 5.73 Å². The van der Waals surface area contributed by atoms with Crippen molar-refractivity contribution in [2.45, 2.75) is 31.8 Å². The second-order valence-corrected chi connectivity index (χ2v) is 6.42. The van der Waals surface area contributed by atoms with E-state index in [4.69, 9.17) is 5.73 Å². The van der Waals surface area contributed by atoms with Gasteiger partial charge in [0.25, 0.3) is 5.69 Å². The van der Waals surface area contributed by atoms with E-state index < -0.39 is 10.8 Å². The van der Waals surface area contributed by atoms with Gasteiger partial charge >= 0.3 is 0 Å². The predicted molar refractivity (Wildman–Crippen MR) is 95.2 cm³/mol. The number of nitro groups is 1. The quantitative estimate of drug-likeness (QED) is 0.647. The largest absolute Gasteiger partial charge is 0.366 e. The first kappa shape index (κ1) is 17.1. The second-order valence-electron chi connectivity index (χ2n) is 6.42. The van der Waals surface area contributed by atoms with Crippen molar-refractivity contribution in [3.63, 3.8) is 0 Å². The first-order valence-electron chi connectivity index (χ1n) is 8.39. The zero-order valence-electron chi connectivity index (χ0n) is 13.9. The van der Waals surface area contributed by atoms with E-state index in [1.807, 2.05) is 18.2 Å². The van der Waals surface area contributed by atoms with Crippen LogP contribution < -0.4 is 5.73 Å². The van der Waals surface area contributed by atoms with Crippen molar-refractivity contribution < 1.29 is 9.72 Å². The molecule has 1 fully saturated rings. The minimum atomic E-state index is -0.655. The Balaban J connectivity index is 1.78. The number of hydrogen-bond donors (Lipinski definition) is 1. The molecule has 0 radical (unpaired) electrons. The van der Waals surface area contributed by atoms with Gasteiger partial charge in [0.1, 0.15) is 0 Å². The van der Waals surface area contributed by atoms with E-state index in [2.05, 4.69) is 17.0 Å². The van der Waals surface area contributed by atoms with Crippen molar-refractivity contribution in [1.82, 2.24) is 4.90 Å². The van der Waals surface area contributed by atoms with Gasteiger partial charge in [-0.1, -0.05) is 36.4 Å². The van der Waals surface area contributed by atoms with Gasteiger partial charge in [-0.25, -0.2) is 0 Å². The van der Waals surface area contributed by atoms with Crippen molar-refractivity contribution in [3.05, 3.63) is 75.3 Å². The second kappa shape index (κ2) is 7.44. The summed E-state index contributed by atoms with van der Waals surface area (Å²) in [7, 11) is 0. The lowest BCUT2D eigenvalue weighted by atomic mass is 10.0. The highest BCUT2D eigenvalue weighted by Gasteiger charge is 2.27. The van der Waals surface area contributed by atoms with Crippen LogP contribution in [0, 0.1) is 10.1 Å². The van der Waals surface area contributed by atoms with Crippen LogP contribution >= 0.6 is 0 Å². The van der Waals surface area contributed by atoms with Gasteiger partial charge in [0, 0.05) is 29.8 Å². The molecule has 0 aliphatic carbocycles. The molecule has 1 atom stereocenters. The Kier molecular flexibility index (Phi) is 5.09. The summed E-state index contributed by atoms with van der Waals surface area (Å²) in [6.07, 6.45) is 3.11. The fourth-order valence-electron chi connectivity index (χ4n) is 3.46. The summed E-state index contributed by atoms with van der Waals surface area (Å²) in [5.74, 6) is -0.655. The lowest BCUT2D eigenvalue weighted by molar-refractivity contribution is -0.385. The van der Waals surface area contributed by atoms with Crippen molar-refractivity contribution in [3.8, 4) is 0 Å². The highest BCUT2D eigenvalue weighted by Crippen LogP contribution is 2.27. The van der Waals surface area contributed by atoms with E-state index in [9.17, 15) is 14.9 Å². The van der Waals surface area contributed by atoms with E-state index in [1.54, 1.807) is 12.1 Å². The Morgan fingerprint density at radius 3 is 2.68 bits per heavy atom. The number of hydrogen-bond acceptors (Lipinski definition) is 4. The van der Waals surface area contributed by atoms with Crippen LogP contribution in [0.5, 0.6) is 0 Å². The van der Waals surface area contributed by atoms with Crippen LogP contribution in [0.4, 0.5) is 5.69 Å². The van der Waals surface area contributed by atoms with Crippen LogP contribution in [0.2, 0.25) is 0 Å². The van der Waals surface area contributed by atoms with E-state index in [0.29, 0.717) is 18.2 Å². The number of carbonyl (C=O) groups is 1. The van der Waals surface area contributed by atoms with Crippen LogP contribution in [0.1, 0.15) is 34.3 Å². The van der Waals surface area contributed by atoms with E-state index in [1.165, 1.54) is 11.6 Å². The number of likely N-dealkylation sites (tertiary alicyclic amines) is 1. The third kappa shape index (κ3) is 4.03. The molecule has 0 saturated carbocycles. The average molecular weight is 339 g/mol. The van der Waals surface area contributed by atoms with Gasteiger partial charge in [0.2, 0.25) is 5.91 Å². The Morgan fingerprint density at radius 2 is 2.00 bits per heavy atom. The summed E-state index contributed by atoms with van der Waals surface area (Å²) < 4.78 is 0.